The number of anilines is 2. The SMILES string of the molecule is CNc1ccc2c(c1)cc(C(=O)Nc1ccccc1)n2Cc1c(F)cccc1P.O=CCCC1CCCC1. The van der Waals surface area contributed by atoms with Gasteiger partial charge in [-0.15, -0.1) is 9.24 Å². The van der Waals surface area contributed by atoms with Crippen LogP contribution in [0.25, 0.3) is 10.9 Å². The number of carbonyl (C=O) groups is 2. The molecule has 1 aliphatic carbocycles. The predicted octanol–water partition coefficient (Wildman–Crippen LogP) is 6.78. The van der Waals surface area contributed by atoms with Gasteiger partial charge in [-0.1, -0.05) is 56.0 Å². The number of benzene rings is 3. The van der Waals surface area contributed by atoms with E-state index in [1.54, 1.807) is 6.07 Å². The van der Waals surface area contributed by atoms with Crippen LogP contribution in [0.3, 0.4) is 0 Å². The number of rotatable bonds is 8. The molecular weight excluding hydrogens is 496 g/mol. The zero-order valence-electron chi connectivity index (χ0n) is 21.8. The highest BCUT2D eigenvalue weighted by Crippen LogP contribution is 2.28. The predicted molar refractivity (Wildman–Crippen MR) is 158 cm³/mol. The summed E-state index contributed by atoms with van der Waals surface area (Å²) in [7, 11) is 4.42. The minimum Gasteiger partial charge on any atom is -0.388 e. The normalized spacial score (nSPS) is 13.1. The first-order chi connectivity index (χ1) is 18.5. The smallest absolute Gasteiger partial charge is 0.272 e. The Bertz CT molecular complexity index is 1360. The summed E-state index contributed by atoms with van der Waals surface area (Å²) in [5.74, 6) is 0.357. The fourth-order valence-electron chi connectivity index (χ4n) is 5.00. The summed E-state index contributed by atoms with van der Waals surface area (Å²) < 4.78 is 16.4. The molecule has 1 aromatic heterocycles. The van der Waals surface area contributed by atoms with Crippen molar-refractivity contribution in [2.45, 2.75) is 45.1 Å². The van der Waals surface area contributed by atoms with Crippen LogP contribution < -0.4 is 15.9 Å². The van der Waals surface area contributed by atoms with E-state index >= 15 is 0 Å². The number of nitrogens with one attached hydrogen (secondary N) is 2. The summed E-state index contributed by atoms with van der Waals surface area (Å²) in [5.41, 5.74) is 3.55. The number of carbonyl (C=O) groups excluding carboxylic acids is 2. The molecule has 7 heteroatoms. The Morgan fingerprint density at radius 3 is 2.47 bits per heavy atom. The third kappa shape index (κ3) is 6.87. The quantitative estimate of drug-likeness (QED) is 0.195. The van der Waals surface area contributed by atoms with Crippen LogP contribution in [0.1, 0.15) is 54.6 Å². The number of para-hydroxylation sites is 1. The van der Waals surface area contributed by atoms with Crippen LogP contribution in [0.15, 0.2) is 72.8 Å². The van der Waals surface area contributed by atoms with Crippen LogP contribution in [0.4, 0.5) is 15.8 Å². The molecule has 0 aliphatic heterocycles. The highest BCUT2D eigenvalue weighted by Gasteiger charge is 2.18. The van der Waals surface area contributed by atoms with Crippen LogP contribution in [0.2, 0.25) is 0 Å². The van der Waals surface area contributed by atoms with Crippen molar-refractivity contribution in [2.75, 3.05) is 17.7 Å². The second kappa shape index (κ2) is 13.3. The van der Waals surface area contributed by atoms with E-state index in [2.05, 4.69) is 19.9 Å². The number of nitrogens with zero attached hydrogens (tertiary/aromatic N) is 1. The van der Waals surface area contributed by atoms with Gasteiger partial charge in [0, 0.05) is 41.3 Å². The third-order valence-corrected chi connectivity index (χ3v) is 7.63. The molecule has 5 nitrogen and oxygen atoms in total. The Kier molecular flexibility index (Phi) is 9.67. The average molecular weight is 532 g/mol. The molecule has 0 bridgehead atoms. The molecule has 0 spiro atoms. The van der Waals surface area contributed by atoms with E-state index in [1.807, 2.05) is 72.3 Å². The molecule has 1 aliphatic rings. The van der Waals surface area contributed by atoms with Gasteiger partial charge in [0.25, 0.3) is 5.91 Å². The van der Waals surface area contributed by atoms with Crippen LogP contribution in [0.5, 0.6) is 0 Å². The summed E-state index contributed by atoms with van der Waals surface area (Å²) >= 11 is 0. The Labute approximate surface area is 226 Å². The Balaban J connectivity index is 0.000000317. The van der Waals surface area contributed by atoms with Crippen molar-refractivity contribution in [1.82, 2.24) is 4.57 Å². The molecule has 4 aromatic rings. The largest absolute Gasteiger partial charge is 0.388 e. The van der Waals surface area contributed by atoms with Gasteiger partial charge in [-0.05, 0) is 60.1 Å². The lowest BCUT2D eigenvalue weighted by Gasteiger charge is -2.14. The first-order valence-electron chi connectivity index (χ1n) is 13.1. The molecule has 198 valence electrons. The Hall–Kier alpha value is -3.50. The summed E-state index contributed by atoms with van der Waals surface area (Å²) in [6, 6.07) is 22.0. The number of hydrogen-bond donors (Lipinski definition) is 2. The van der Waals surface area contributed by atoms with Crippen LogP contribution in [0, 0.1) is 11.7 Å². The zero-order chi connectivity index (χ0) is 26.9. The molecular formula is C31H35FN3O2P. The summed E-state index contributed by atoms with van der Waals surface area (Å²) in [4.78, 5) is 23.0. The fraction of sp³-hybridized carbons (Fsp3) is 0.290. The van der Waals surface area contributed by atoms with Crippen molar-refractivity contribution in [3.63, 3.8) is 0 Å². The minimum atomic E-state index is -0.291. The molecule has 1 fully saturated rings. The maximum Gasteiger partial charge on any atom is 0.272 e. The van der Waals surface area contributed by atoms with Gasteiger partial charge in [0.15, 0.2) is 0 Å². The van der Waals surface area contributed by atoms with Crippen molar-refractivity contribution < 1.29 is 14.0 Å². The van der Waals surface area contributed by atoms with Crippen molar-refractivity contribution in [2.24, 2.45) is 5.92 Å². The molecule has 1 amide bonds. The van der Waals surface area contributed by atoms with Crippen LogP contribution in [-0.2, 0) is 11.3 Å². The lowest BCUT2D eigenvalue weighted by atomic mass is 10.0. The molecule has 1 unspecified atom stereocenters. The summed E-state index contributed by atoms with van der Waals surface area (Å²) in [6.07, 6.45) is 8.49. The fourth-order valence-corrected chi connectivity index (χ4v) is 5.34. The highest BCUT2D eigenvalue weighted by atomic mass is 31.0. The van der Waals surface area contributed by atoms with Gasteiger partial charge in [-0.3, -0.25) is 4.79 Å². The van der Waals surface area contributed by atoms with E-state index < -0.39 is 0 Å². The van der Waals surface area contributed by atoms with E-state index in [4.69, 9.17) is 0 Å². The molecule has 1 atom stereocenters. The lowest BCUT2D eigenvalue weighted by molar-refractivity contribution is -0.108. The maximum atomic E-state index is 14.5. The number of aldehydes is 1. The van der Waals surface area contributed by atoms with E-state index in [9.17, 15) is 14.0 Å². The van der Waals surface area contributed by atoms with Gasteiger partial charge in [0.2, 0.25) is 0 Å². The first-order valence-corrected chi connectivity index (χ1v) is 13.7. The van der Waals surface area contributed by atoms with Gasteiger partial charge in [0.05, 0.1) is 6.54 Å². The molecule has 5 rings (SSSR count). The van der Waals surface area contributed by atoms with Gasteiger partial charge in [-0.2, -0.15) is 0 Å². The number of hydrogen-bond acceptors (Lipinski definition) is 3. The summed E-state index contributed by atoms with van der Waals surface area (Å²) in [5, 5.41) is 7.73. The second-order valence-corrected chi connectivity index (χ2v) is 10.3. The second-order valence-electron chi connectivity index (χ2n) is 9.66. The highest BCUT2D eigenvalue weighted by molar-refractivity contribution is 7.27. The van der Waals surface area contributed by atoms with Crippen molar-refractivity contribution >= 4 is 49.0 Å². The molecule has 0 saturated heterocycles. The van der Waals surface area contributed by atoms with E-state index in [1.165, 1.54) is 31.7 Å². The molecule has 1 heterocycles. The van der Waals surface area contributed by atoms with E-state index in [0.717, 1.165) is 46.9 Å². The first kappa shape index (κ1) is 27.5. The summed E-state index contributed by atoms with van der Waals surface area (Å²) in [6.45, 7) is 0.255. The number of halogens is 1. The average Bonchev–Trinajstić information content (AvgIpc) is 3.58. The number of aromatic nitrogens is 1. The standard InChI is InChI=1S/C23H21FN3OP.C8H14O/c1-25-17-10-11-20-15(12-17)13-21(23(28)26-16-6-3-2-4-7-16)27(20)14-18-19(24)8-5-9-22(18)29;9-7-3-6-8-4-1-2-5-8/h2-13,25H,14,29H2,1H3,(H,26,28);7-8H,1-6H2. The van der Waals surface area contributed by atoms with Gasteiger partial charge < -0.3 is 20.0 Å². The van der Waals surface area contributed by atoms with Crippen molar-refractivity contribution in [1.29, 1.82) is 0 Å². The van der Waals surface area contributed by atoms with E-state index in [0.29, 0.717) is 16.9 Å². The van der Waals surface area contributed by atoms with Crippen LogP contribution >= 0.6 is 9.24 Å². The molecule has 1 saturated carbocycles. The number of fused-ring (bicyclic) bond motifs is 1. The lowest BCUT2D eigenvalue weighted by Crippen LogP contribution is -2.19. The van der Waals surface area contributed by atoms with Crippen molar-refractivity contribution in [3.05, 3.63) is 89.9 Å². The number of amides is 1. The zero-order valence-corrected chi connectivity index (χ0v) is 22.9. The Morgan fingerprint density at radius 1 is 1.03 bits per heavy atom. The Morgan fingerprint density at radius 2 is 1.79 bits per heavy atom. The third-order valence-electron chi connectivity index (χ3n) is 7.09. The maximum absolute atomic E-state index is 14.5. The minimum absolute atomic E-state index is 0.236. The van der Waals surface area contributed by atoms with Crippen molar-refractivity contribution in [3.8, 4) is 0 Å². The molecule has 0 radical (unpaired) electrons. The van der Waals surface area contributed by atoms with Crippen LogP contribution in [-0.4, -0.2) is 23.8 Å². The molecule has 38 heavy (non-hydrogen) atoms. The van der Waals surface area contributed by atoms with Gasteiger partial charge in [-0.25, -0.2) is 4.39 Å². The topological polar surface area (TPSA) is 63.1 Å². The van der Waals surface area contributed by atoms with Gasteiger partial charge in [0.1, 0.15) is 17.8 Å². The molecule has 3 aromatic carbocycles. The monoisotopic (exact) mass is 531 g/mol. The van der Waals surface area contributed by atoms with E-state index in [-0.39, 0.29) is 18.3 Å². The molecule has 2 N–H and O–H groups in total. The van der Waals surface area contributed by atoms with Gasteiger partial charge >= 0.3 is 0 Å².